The van der Waals surface area contributed by atoms with Crippen molar-refractivity contribution < 1.29 is 18.3 Å². The molecule has 1 fully saturated rings. The summed E-state index contributed by atoms with van der Waals surface area (Å²) in [6.45, 7) is -2.36. The van der Waals surface area contributed by atoms with E-state index in [-0.39, 0.29) is 17.7 Å². The Labute approximate surface area is 141 Å². The quantitative estimate of drug-likeness (QED) is 0.763. The standard InChI is InChI=1S/C18H26F2N2O2/c19-18(20)24-15-9-6-13(7-10-15)8-11-17(23)22-16(12-21)14-4-2-1-3-5-14/h6-7,9-10,14,16,18H,1-5,8,11-12,21H2,(H,22,23). The number of hydrogen-bond donors (Lipinski definition) is 2. The molecule has 1 atom stereocenters. The van der Waals surface area contributed by atoms with Crippen LogP contribution in [-0.2, 0) is 11.2 Å². The topological polar surface area (TPSA) is 64.3 Å². The second-order valence-electron chi connectivity index (χ2n) is 6.33. The SMILES string of the molecule is NCC(NC(=O)CCc1ccc(OC(F)F)cc1)C1CCCCC1. The lowest BCUT2D eigenvalue weighted by atomic mass is 9.84. The minimum atomic E-state index is -2.82. The minimum absolute atomic E-state index is 0.0102. The Bertz CT molecular complexity index is 502. The lowest BCUT2D eigenvalue weighted by molar-refractivity contribution is -0.122. The molecule has 134 valence electrons. The van der Waals surface area contributed by atoms with E-state index in [4.69, 9.17) is 5.73 Å². The van der Waals surface area contributed by atoms with Gasteiger partial charge in [-0.3, -0.25) is 4.79 Å². The summed E-state index contributed by atoms with van der Waals surface area (Å²) < 4.78 is 28.5. The van der Waals surface area contributed by atoms with Crippen LogP contribution in [0.1, 0.15) is 44.1 Å². The molecule has 1 aromatic rings. The fraction of sp³-hybridized carbons (Fsp3) is 0.611. The Hall–Kier alpha value is -1.69. The molecule has 1 amide bonds. The molecule has 1 aliphatic rings. The van der Waals surface area contributed by atoms with Crippen molar-refractivity contribution in [1.29, 1.82) is 0 Å². The average molecular weight is 340 g/mol. The molecule has 0 aromatic heterocycles. The number of alkyl halides is 2. The molecule has 1 aliphatic carbocycles. The van der Waals surface area contributed by atoms with Crippen LogP contribution >= 0.6 is 0 Å². The zero-order valence-electron chi connectivity index (χ0n) is 13.8. The maximum absolute atomic E-state index is 12.2. The second kappa shape index (κ2) is 9.57. The summed E-state index contributed by atoms with van der Waals surface area (Å²) in [5.74, 6) is 0.598. The predicted molar refractivity (Wildman–Crippen MR) is 89.0 cm³/mol. The van der Waals surface area contributed by atoms with Crippen molar-refractivity contribution in [3.8, 4) is 5.75 Å². The number of carbonyl (C=O) groups is 1. The molecule has 0 heterocycles. The first-order chi connectivity index (χ1) is 11.6. The summed E-state index contributed by atoms with van der Waals surface area (Å²) in [5, 5.41) is 3.06. The molecule has 24 heavy (non-hydrogen) atoms. The molecule has 3 N–H and O–H groups in total. The fourth-order valence-electron chi connectivity index (χ4n) is 3.28. The number of carbonyl (C=O) groups excluding carboxylic acids is 1. The lowest BCUT2D eigenvalue weighted by Crippen LogP contribution is -2.45. The van der Waals surface area contributed by atoms with Gasteiger partial charge in [0.1, 0.15) is 5.75 Å². The number of rotatable bonds is 8. The molecule has 0 saturated heterocycles. The summed E-state index contributed by atoms with van der Waals surface area (Å²) in [6.07, 6.45) is 6.88. The van der Waals surface area contributed by atoms with E-state index in [2.05, 4.69) is 10.1 Å². The highest BCUT2D eigenvalue weighted by molar-refractivity contribution is 5.76. The Morgan fingerprint density at radius 3 is 2.46 bits per heavy atom. The van der Waals surface area contributed by atoms with Gasteiger partial charge in [-0.1, -0.05) is 31.4 Å². The lowest BCUT2D eigenvalue weighted by Gasteiger charge is -2.30. The van der Waals surface area contributed by atoms with Crippen LogP contribution in [-0.4, -0.2) is 25.1 Å². The van der Waals surface area contributed by atoms with Crippen LogP contribution in [0.15, 0.2) is 24.3 Å². The first-order valence-electron chi connectivity index (χ1n) is 8.61. The number of nitrogens with one attached hydrogen (secondary N) is 1. The molecule has 0 bridgehead atoms. The van der Waals surface area contributed by atoms with Gasteiger partial charge in [-0.2, -0.15) is 8.78 Å². The van der Waals surface area contributed by atoms with Crippen molar-refractivity contribution in [3.63, 3.8) is 0 Å². The zero-order valence-corrected chi connectivity index (χ0v) is 13.8. The van der Waals surface area contributed by atoms with E-state index in [1.807, 2.05) is 0 Å². The van der Waals surface area contributed by atoms with E-state index in [9.17, 15) is 13.6 Å². The molecule has 0 radical (unpaired) electrons. The van der Waals surface area contributed by atoms with Gasteiger partial charge in [0.2, 0.25) is 5.91 Å². The molecular weight excluding hydrogens is 314 g/mol. The van der Waals surface area contributed by atoms with Crippen LogP contribution in [0.25, 0.3) is 0 Å². The molecular formula is C18H26F2N2O2. The van der Waals surface area contributed by atoms with Crippen molar-refractivity contribution in [3.05, 3.63) is 29.8 Å². The Balaban J connectivity index is 1.77. The Morgan fingerprint density at radius 2 is 1.88 bits per heavy atom. The molecule has 0 spiro atoms. The third kappa shape index (κ3) is 6.07. The van der Waals surface area contributed by atoms with Gasteiger partial charge in [-0.05, 0) is 42.9 Å². The largest absolute Gasteiger partial charge is 0.435 e. The first-order valence-corrected chi connectivity index (χ1v) is 8.61. The average Bonchev–Trinajstić information content (AvgIpc) is 2.59. The molecule has 1 saturated carbocycles. The van der Waals surface area contributed by atoms with Crippen molar-refractivity contribution in [2.75, 3.05) is 6.54 Å². The molecule has 4 nitrogen and oxygen atoms in total. The van der Waals surface area contributed by atoms with Crippen molar-refractivity contribution in [1.82, 2.24) is 5.32 Å². The van der Waals surface area contributed by atoms with Crippen LogP contribution in [0.5, 0.6) is 5.75 Å². The highest BCUT2D eigenvalue weighted by Crippen LogP contribution is 2.26. The maximum atomic E-state index is 12.2. The van der Waals surface area contributed by atoms with E-state index in [0.717, 1.165) is 18.4 Å². The van der Waals surface area contributed by atoms with Crippen molar-refractivity contribution >= 4 is 5.91 Å². The van der Waals surface area contributed by atoms with E-state index < -0.39 is 6.61 Å². The van der Waals surface area contributed by atoms with Gasteiger partial charge in [0.25, 0.3) is 0 Å². The zero-order chi connectivity index (χ0) is 17.4. The minimum Gasteiger partial charge on any atom is -0.435 e. The predicted octanol–water partition coefficient (Wildman–Crippen LogP) is 3.24. The van der Waals surface area contributed by atoms with Crippen LogP contribution in [0.3, 0.4) is 0 Å². The third-order valence-electron chi connectivity index (χ3n) is 4.61. The number of nitrogens with two attached hydrogens (primary N) is 1. The second-order valence-corrected chi connectivity index (χ2v) is 6.33. The van der Waals surface area contributed by atoms with Crippen LogP contribution < -0.4 is 15.8 Å². The molecule has 0 aliphatic heterocycles. The maximum Gasteiger partial charge on any atom is 0.387 e. The van der Waals surface area contributed by atoms with Crippen LogP contribution in [0.4, 0.5) is 8.78 Å². The summed E-state index contributed by atoms with van der Waals surface area (Å²) in [4.78, 5) is 12.2. The first kappa shape index (κ1) is 18.6. The fourth-order valence-corrected chi connectivity index (χ4v) is 3.28. The van der Waals surface area contributed by atoms with Gasteiger partial charge in [-0.25, -0.2) is 0 Å². The third-order valence-corrected chi connectivity index (χ3v) is 4.61. The smallest absolute Gasteiger partial charge is 0.387 e. The number of halogens is 2. The summed E-state index contributed by atoms with van der Waals surface area (Å²) in [7, 11) is 0. The molecule has 1 aromatic carbocycles. The van der Waals surface area contributed by atoms with Gasteiger partial charge in [0, 0.05) is 19.0 Å². The van der Waals surface area contributed by atoms with Gasteiger partial charge in [-0.15, -0.1) is 0 Å². The van der Waals surface area contributed by atoms with Gasteiger partial charge < -0.3 is 15.8 Å². The summed E-state index contributed by atoms with van der Waals surface area (Å²) in [6, 6.07) is 6.44. The number of hydrogen-bond acceptors (Lipinski definition) is 3. The Kier molecular flexibility index (Phi) is 7.43. The molecule has 6 heteroatoms. The van der Waals surface area contributed by atoms with Crippen LogP contribution in [0.2, 0.25) is 0 Å². The van der Waals surface area contributed by atoms with Crippen molar-refractivity contribution in [2.45, 2.75) is 57.6 Å². The van der Waals surface area contributed by atoms with Crippen LogP contribution in [0, 0.1) is 5.92 Å². The van der Waals surface area contributed by atoms with E-state index >= 15 is 0 Å². The number of ether oxygens (including phenoxy) is 1. The normalized spacial score (nSPS) is 16.8. The molecule has 1 unspecified atom stereocenters. The Morgan fingerprint density at radius 1 is 1.21 bits per heavy atom. The number of aryl methyl sites for hydroxylation is 1. The van der Waals surface area contributed by atoms with E-state index in [1.165, 1.54) is 31.4 Å². The van der Waals surface area contributed by atoms with Gasteiger partial charge in [0.15, 0.2) is 0 Å². The molecule has 2 rings (SSSR count). The highest BCUT2D eigenvalue weighted by Gasteiger charge is 2.23. The van der Waals surface area contributed by atoms with E-state index in [0.29, 0.717) is 25.3 Å². The highest BCUT2D eigenvalue weighted by atomic mass is 19.3. The summed E-state index contributed by atoms with van der Waals surface area (Å²) >= 11 is 0. The van der Waals surface area contributed by atoms with Gasteiger partial charge >= 0.3 is 6.61 Å². The van der Waals surface area contributed by atoms with Crippen molar-refractivity contribution in [2.24, 2.45) is 11.7 Å². The number of benzene rings is 1. The summed E-state index contributed by atoms with van der Waals surface area (Å²) in [5.41, 5.74) is 6.74. The van der Waals surface area contributed by atoms with E-state index in [1.54, 1.807) is 12.1 Å². The number of amides is 1. The van der Waals surface area contributed by atoms with Gasteiger partial charge in [0.05, 0.1) is 0 Å². The monoisotopic (exact) mass is 340 g/mol.